The molecular formula is C12H24N4. The van der Waals surface area contributed by atoms with Crippen molar-refractivity contribution in [3.05, 3.63) is 12.2 Å². The predicted octanol–water partition coefficient (Wildman–Crippen LogP) is 2.48. The standard InChI is InChI=1S/C12H24N4/c1-9(2)16-8-14-15-12(16)10(3)6-5-7-11(4)13/h8-11H,5-7,13H2,1-4H3. The molecule has 0 spiro atoms. The Bertz CT molecular complexity index is 304. The molecule has 1 rings (SSSR count). The lowest BCUT2D eigenvalue weighted by Crippen LogP contribution is -2.15. The van der Waals surface area contributed by atoms with Crippen LogP contribution in [0, 0.1) is 0 Å². The van der Waals surface area contributed by atoms with Gasteiger partial charge >= 0.3 is 0 Å². The van der Waals surface area contributed by atoms with Crippen LogP contribution in [0.3, 0.4) is 0 Å². The van der Waals surface area contributed by atoms with Crippen molar-refractivity contribution in [1.29, 1.82) is 0 Å². The average Bonchev–Trinajstić information content (AvgIpc) is 2.65. The molecule has 4 heteroatoms. The zero-order chi connectivity index (χ0) is 12.1. The van der Waals surface area contributed by atoms with E-state index in [9.17, 15) is 0 Å². The first-order valence-corrected chi connectivity index (χ1v) is 6.17. The number of hydrogen-bond acceptors (Lipinski definition) is 3. The molecule has 0 saturated heterocycles. The minimum Gasteiger partial charge on any atom is -0.328 e. The van der Waals surface area contributed by atoms with Crippen molar-refractivity contribution in [1.82, 2.24) is 14.8 Å². The molecule has 0 amide bonds. The molecule has 0 aromatic carbocycles. The van der Waals surface area contributed by atoms with Gasteiger partial charge in [0.1, 0.15) is 12.2 Å². The van der Waals surface area contributed by atoms with E-state index in [1.807, 2.05) is 6.33 Å². The van der Waals surface area contributed by atoms with E-state index in [1.165, 1.54) is 0 Å². The van der Waals surface area contributed by atoms with Crippen molar-refractivity contribution in [3.8, 4) is 0 Å². The molecule has 0 fully saturated rings. The van der Waals surface area contributed by atoms with Crippen LogP contribution in [0.25, 0.3) is 0 Å². The Morgan fingerprint density at radius 2 is 1.94 bits per heavy atom. The van der Waals surface area contributed by atoms with Gasteiger partial charge in [0.25, 0.3) is 0 Å². The highest BCUT2D eigenvalue weighted by Crippen LogP contribution is 2.21. The first-order valence-electron chi connectivity index (χ1n) is 6.17. The summed E-state index contributed by atoms with van der Waals surface area (Å²) in [5, 5.41) is 8.21. The highest BCUT2D eigenvalue weighted by atomic mass is 15.3. The highest BCUT2D eigenvalue weighted by Gasteiger charge is 2.14. The van der Waals surface area contributed by atoms with Crippen molar-refractivity contribution in [2.75, 3.05) is 0 Å². The average molecular weight is 224 g/mol. The number of hydrogen-bond donors (Lipinski definition) is 1. The largest absolute Gasteiger partial charge is 0.328 e. The van der Waals surface area contributed by atoms with Gasteiger partial charge < -0.3 is 10.3 Å². The van der Waals surface area contributed by atoms with Gasteiger partial charge in [-0.25, -0.2) is 0 Å². The van der Waals surface area contributed by atoms with E-state index < -0.39 is 0 Å². The molecular weight excluding hydrogens is 200 g/mol. The molecule has 4 nitrogen and oxygen atoms in total. The third-order valence-corrected chi connectivity index (χ3v) is 2.89. The van der Waals surface area contributed by atoms with Crippen LogP contribution in [0.15, 0.2) is 6.33 Å². The fraction of sp³-hybridized carbons (Fsp3) is 0.833. The first-order chi connectivity index (χ1) is 7.52. The molecule has 2 atom stereocenters. The van der Waals surface area contributed by atoms with E-state index in [2.05, 4.69) is 42.5 Å². The maximum Gasteiger partial charge on any atom is 0.135 e. The normalized spacial score (nSPS) is 15.4. The van der Waals surface area contributed by atoms with Gasteiger partial charge in [0.05, 0.1) is 0 Å². The summed E-state index contributed by atoms with van der Waals surface area (Å²) in [5.74, 6) is 1.56. The maximum absolute atomic E-state index is 5.74. The van der Waals surface area contributed by atoms with Gasteiger partial charge in [0.2, 0.25) is 0 Å². The smallest absolute Gasteiger partial charge is 0.135 e. The van der Waals surface area contributed by atoms with Crippen LogP contribution in [0.1, 0.15) is 64.7 Å². The van der Waals surface area contributed by atoms with Crippen molar-refractivity contribution < 1.29 is 0 Å². The highest BCUT2D eigenvalue weighted by molar-refractivity contribution is 4.95. The van der Waals surface area contributed by atoms with Crippen molar-refractivity contribution in [2.45, 2.75) is 65.0 Å². The second-order valence-electron chi connectivity index (χ2n) is 5.00. The van der Waals surface area contributed by atoms with Crippen LogP contribution in [0.5, 0.6) is 0 Å². The molecule has 0 radical (unpaired) electrons. The summed E-state index contributed by atoms with van der Waals surface area (Å²) in [6.45, 7) is 8.58. The van der Waals surface area contributed by atoms with Crippen LogP contribution in [-0.2, 0) is 0 Å². The summed E-state index contributed by atoms with van der Waals surface area (Å²) in [6, 6.07) is 0.732. The summed E-state index contributed by atoms with van der Waals surface area (Å²) in [5.41, 5.74) is 5.74. The number of nitrogens with two attached hydrogens (primary N) is 1. The van der Waals surface area contributed by atoms with Crippen molar-refractivity contribution in [2.24, 2.45) is 5.73 Å². The molecule has 0 aliphatic carbocycles. The van der Waals surface area contributed by atoms with Crippen molar-refractivity contribution >= 4 is 0 Å². The molecule has 1 heterocycles. The lowest BCUT2D eigenvalue weighted by atomic mass is 10.0. The molecule has 1 aromatic heterocycles. The summed E-state index contributed by atoms with van der Waals surface area (Å²) in [6.07, 6.45) is 5.19. The number of nitrogens with zero attached hydrogens (tertiary/aromatic N) is 3. The van der Waals surface area contributed by atoms with Crippen molar-refractivity contribution in [3.63, 3.8) is 0 Å². The Balaban J connectivity index is 2.52. The first kappa shape index (κ1) is 13.2. The molecule has 0 bridgehead atoms. The minimum absolute atomic E-state index is 0.301. The van der Waals surface area contributed by atoms with Gasteiger partial charge in [-0.1, -0.05) is 13.3 Å². The molecule has 0 aliphatic rings. The summed E-state index contributed by atoms with van der Waals surface area (Å²) < 4.78 is 2.15. The molecule has 2 N–H and O–H groups in total. The van der Waals surface area contributed by atoms with E-state index in [-0.39, 0.29) is 0 Å². The Kier molecular flexibility index (Phi) is 4.93. The van der Waals surface area contributed by atoms with Gasteiger partial charge in [-0.05, 0) is 33.6 Å². The topological polar surface area (TPSA) is 56.7 Å². The second-order valence-corrected chi connectivity index (χ2v) is 5.00. The van der Waals surface area contributed by atoms with E-state index in [0.29, 0.717) is 18.0 Å². The molecule has 1 aromatic rings. The van der Waals surface area contributed by atoms with E-state index >= 15 is 0 Å². The molecule has 2 unspecified atom stereocenters. The van der Waals surface area contributed by atoms with Gasteiger partial charge in [0.15, 0.2) is 0 Å². The fourth-order valence-corrected chi connectivity index (χ4v) is 1.88. The fourth-order valence-electron chi connectivity index (χ4n) is 1.88. The van der Waals surface area contributed by atoms with Gasteiger partial charge in [-0.3, -0.25) is 0 Å². The van der Waals surface area contributed by atoms with Gasteiger partial charge in [-0.2, -0.15) is 0 Å². The Morgan fingerprint density at radius 3 is 2.50 bits per heavy atom. The molecule has 92 valence electrons. The molecule has 16 heavy (non-hydrogen) atoms. The maximum atomic E-state index is 5.74. The lowest BCUT2D eigenvalue weighted by Gasteiger charge is -2.15. The number of rotatable bonds is 6. The Labute approximate surface area is 98.2 Å². The monoisotopic (exact) mass is 224 g/mol. The second kappa shape index (κ2) is 5.99. The van der Waals surface area contributed by atoms with Crippen LogP contribution in [-0.4, -0.2) is 20.8 Å². The third-order valence-electron chi connectivity index (χ3n) is 2.89. The summed E-state index contributed by atoms with van der Waals surface area (Å²) in [7, 11) is 0. The minimum atomic E-state index is 0.301. The van der Waals surface area contributed by atoms with Crippen LogP contribution in [0.2, 0.25) is 0 Å². The quantitative estimate of drug-likeness (QED) is 0.807. The molecule has 0 saturated carbocycles. The van der Waals surface area contributed by atoms with Gasteiger partial charge in [-0.15, -0.1) is 10.2 Å². The summed E-state index contributed by atoms with van der Waals surface area (Å²) >= 11 is 0. The van der Waals surface area contributed by atoms with Crippen LogP contribution in [0.4, 0.5) is 0 Å². The zero-order valence-electron chi connectivity index (χ0n) is 10.8. The van der Waals surface area contributed by atoms with E-state index in [1.54, 1.807) is 0 Å². The summed E-state index contributed by atoms with van der Waals surface area (Å²) in [4.78, 5) is 0. The predicted molar refractivity (Wildman–Crippen MR) is 66.3 cm³/mol. The Morgan fingerprint density at radius 1 is 1.25 bits per heavy atom. The van der Waals surface area contributed by atoms with Gasteiger partial charge in [0, 0.05) is 18.0 Å². The number of aromatic nitrogens is 3. The SMILES string of the molecule is CC(N)CCCC(C)c1nncn1C(C)C. The van der Waals surface area contributed by atoms with E-state index in [0.717, 1.165) is 25.1 Å². The zero-order valence-corrected chi connectivity index (χ0v) is 10.8. The Hall–Kier alpha value is -0.900. The lowest BCUT2D eigenvalue weighted by molar-refractivity contribution is 0.497. The van der Waals surface area contributed by atoms with Crippen LogP contribution >= 0.6 is 0 Å². The van der Waals surface area contributed by atoms with Crippen LogP contribution < -0.4 is 5.73 Å². The molecule has 0 aliphatic heterocycles. The third kappa shape index (κ3) is 3.59. The van der Waals surface area contributed by atoms with E-state index in [4.69, 9.17) is 5.73 Å².